The van der Waals surface area contributed by atoms with Gasteiger partial charge in [0, 0.05) is 13.2 Å². The van der Waals surface area contributed by atoms with E-state index >= 15 is 0 Å². The van der Waals surface area contributed by atoms with E-state index in [1.54, 1.807) is 14.0 Å². The molecule has 0 saturated carbocycles. The predicted octanol–water partition coefficient (Wildman–Crippen LogP) is 0.562. The molecule has 0 fully saturated rings. The fraction of sp³-hybridized carbons (Fsp3) is 0.889. The van der Waals surface area contributed by atoms with Crippen LogP contribution in [0.15, 0.2) is 0 Å². The molecular weight excluding hydrogens is 170 g/mol. The maximum atomic E-state index is 11.3. The van der Waals surface area contributed by atoms with Crippen molar-refractivity contribution in [1.82, 2.24) is 5.32 Å². The molecule has 1 N–H and O–H groups in total. The molecule has 0 heterocycles. The normalized spacial score (nSPS) is 13.0. The van der Waals surface area contributed by atoms with E-state index in [2.05, 4.69) is 5.32 Å². The number of carbonyl (C=O) groups is 1. The summed E-state index contributed by atoms with van der Waals surface area (Å²) < 4.78 is 9.79. The first-order valence-electron chi connectivity index (χ1n) is 4.53. The van der Waals surface area contributed by atoms with Crippen LogP contribution in [0.5, 0.6) is 0 Å². The first-order valence-corrected chi connectivity index (χ1v) is 4.53. The molecular formula is C9H19NO3. The zero-order chi connectivity index (χ0) is 10.3. The van der Waals surface area contributed by atoms with Crippen LogP contribution >= 0.6 is 0 Å². The highest BCUT2D eigenvalue weighted by Gasteiger charge is 2.19. The van der Waals surface area contributed by atoms with Crippen LogP contribution in [-0.4, -0.2) is 38.4 Å². The molecule has 0 rings (SSSR count). The Morgan fingerprint density at radius 3 is 2.46 bits per heavy atom. The second kappa shape index (κ2) is 6.86. The second-order valence-electron chi connectivity index (χ2n) is 3.08. The summed E-state index contributed by atoms with van der Waals surface area (Å²) in [5, 5.41) is 3.07. The zero-order valence-corrected chi connectivity index (χ0v) is 8.79. The fourth-order valence-corrected chi connectivity index (χ4v) is 0.996. The molecule has 0 aromatic carbocycles. The molecule has 0 aliphatic carbocycles. The van der Waals surface area contributed by atoms with Crippen molar-refractivity contribution >= 4 is 5.97 Å². The minimum absolute atomic E-state index is 0.240. The van der Waals surface area contributed by atoms with Crippen molar-refractivity contribution < 1.29 is 14.3 Å². The average Bonchev–Trinajstić information content (AvgIpc) is 2.03. The van der Waals surface area contributed by atoms with Crippen LogP contribution in [0.2, 0.25) is 0 Å². The van der Waals surface area contributed by atoms with Crippen LogP contribution in [0.1, 0.15) is 20.8 Å². The Balaban J connectivity index is 3.98. The zero-order valence-electron chi connectivity index (χ0n) is 8.79. The van der Waals surface area contributed by atoms with E-state index in [1.165, 1.54) is 0 Å². The molecule has 1 atom stereocenters. The Morgan fingerprint density at radius 1 is 1.46 bits per heavy atom. The van der Waals surface area contributed by atoms with Crippen LogP contribution < -0.4 is 5.32 Å². The third-order valence-corrected chi connectivity index (χ3v) is 1.44. The van der Waals surface area contributed by atoms with Gasteiger partial charge in [0.1, 0.15) is 6.04 Å². The van der Waals surface area contributed by atoms with Crippen LogP contribution in [0.4, 0.5) is 0 Å². The van der Waals surface area contributed by atoms with Crippen molar-refractivity contribution in [3.63, 3.8) is 0 Å². The van der Waals surface area contributed by atoms with Gasteiger partial charge in [0.15, 0.2) is 0 Å². The van der Waals surface area contributed by atoms with Gasteiger partial charge in [0.2, 0.25) is 0 Å². The van der Waals surface area contributed by atoms with Crippen LogP contribution in [0.25, 0.3) is 0 Å². The summed E-state index contributed by atoms with van der Waals surface area (Å²) in [6.45, 7) is 6.48. The van der Waals surface area contributed by atoms with Crippen molar-refractivity contribution in [3.8, 4) is 0 Å². The summed E-state index contributed by atoms with van der Waals surface area (Å²) in [5.74, 6) is -0.252. The Kier molecular flexibility index (Phi) is 6.54. The van der Waals surface area contributed by atoms with Crippen molar-refractivity contribution in [3.05, 3.63) is 0 Å². The van der Waals surface area contributed by atoms with Gasteiger partial charge in [-0.25, -0.2) is 0 Å². The molecule has 78 valence electrons. The van der Waals surface area contributed by atoms with Gasteiger partial charge in [-0.05, 0) is 6.92 Å². The Bertz CT molecular complexity index is 148. The summed E-state index contributed by atoms with van der Waals surface area (Å²) >= 11 is 0. The van der Waals surface area contributed by atoms with Gasteiger partial charge < -0.3 is 14.8 Å². The topological polar surface area (TPSA) is 47.6 Å². The number of esters is 1. The predicted molar refractivity (Wildman–Crippen MR) is 50.6 cm³/mol. The second-order valence-corrected chi connectivity index (χ2v) is 3.08. The minimum Gasteiger partial charge on any atom is -0.465 e. The smallest absolute Gasteiger partial charge is 0.325 e. The molecule has 4 heteroatoms. The number of ether oxygens (including phenoxy) is 2. The molecule has 0 amide bonds. The van der Waals surface area contributed by atoms with E-state index in [1.807, 2.05) is 13.8 Å². The van der Waals surface area contributed by atoms with E-state index in [0.717, 1.165) is 0 Å². The summed E-state index contributed by atoms with van der Waals surface area (Å²) in [4.78, 5) is 11.3. The first-order chi connectivity index (χ1) is 6.11. The van der Waals surface area contributed by atoms with E-state index < -0.39 is 0 Å². The third-order valence-electron chi connectivity index (χ3n) is 1.44. The monoisotopic (exact) mass is 189 g/mol. The number of rotatable bonds is 6. The summed E-state index contributed by atoms with van der Waals surface area (Å²) in [6.07, 6.45) is 0. The van der Waals surface area contributed by atoms with Crippen LogP contribution in [0.3, 0.4) is 0 Å². The molecule has 4 nitrogen and oxygen atoms in total. The Labute approximate surface area is 79.6 Å². The highest BCUT2D eigenvalue weighted by molar-refractivity contribution is 5.75. The average molecular weight is 189 g/mol. The third kappa shape index (κ3) is 5.60. The van der Waals surface area contributed by atoms with Crippen molar-refractivity contribution in [1.29, 1.82) is 0 Å². The molecule has 0 bridgehead atoms. The van der Waals surface area contributed by atoms with Crippen LogP contribution in [-0.2, 0) is 14.3 Å². The summed E-state index contributed by atoms with van der Waals surface area (Å²) in [5.41, 5.74) is 0. The fourth-order valence-electron chi connectivity index (χ4n) is 0.996. The van der Waals surface area contributed by atoms with E-state index in [-0.39, 0.29) is 18.1 Å². The van der Waals surface area contributed by atoms with E-state index in [0.29, 0.717) is 13.2 Å². The molecule has 0 aromatic rings. The van der Waals surface area contributed by atoms with E-state index in [4.69, 9.17) is 9.47 Å². The number of hydrogen-bond acceptors (Lipinski definition) is 4. The SMILES string of the molecule is CCOC(=O)C(COC)NC(C)C. The Hall–Kier alpha value is -0.610. The molecule has 0 aliphatic heterocycles. The molecule has 13 heavy (non-hydrogen) atoms. The highest BCUT2D eigenvalue weighted by atomic mass is 16.5. The lowest BCUT2D eigenvalue weighted by atomic mass is 10.2. The largest absolute Gasteiger partial charge is 0.465 e. The number of hydrogen-bond donors (Lipinski definition) is 1. The van der Waals surface area contributed by atoms with Gasteiger partial charge in [-0.1, -0.05) is 13.8 Å². The standard InChI is InChI=1S/C9H19NO3/c1-5-13-9(11)8(6-12-4)10-7(2)3/h7-8,10H,5-6H2,1-4H3. The van der Waals surface area contributed by atoms with Gasteiger partial charge in [0.05, 0.1) is 13.2 Å². The molecule has 1 unspecified atom stereocenters. The number of methoxy groups -OCH3 is 1. The van der Waals surface area contributed by atoms with Gasteiger partial charge in [-0.3, -0.25) is 4.79 Å². The van der Waals surface area contributed by atoms with Crippen molar-refractivity contribution in [2.24, 2.45) is 0 Å². The summed E-state index contributed by atoms with van der Waals surface area (Å²) in [7, 11) is 1.56. The Morgan fingerprint density at radius 2 is 2.08 bits per heavy atom. The van der Waals surface area contributed by atoms with Crippen molar-refractivity contribution in [2.45, 2.75) is 32.9 Å². The molecule has 0 spiro atoms. The van der Waals surface area contributed by atoms with Crippen molar-refractivity contribution in [2.75, 3.05) is 20.3 Å². The molecule has 0 radical (unpaired) electrons. The van der Waals surface area contributed by atoms with Gasteiger partial charge in [0.25, 0.3) is 0 Å². The first kappa shape index (κ1) is 12.4. The quantitative estimate of drug-likeness (QED) is 0.620. The summed E-state index contributed by atoms with van der Waals surface area (Å²) in [6, 6.07) is -0.116. The molecule has 0 saturated heterocycles. The van der Waals surface area contributed by atoms with Gasteiger partial charge in [-0.2, -0.15) is 0 Å². The van der Waals surface area contributed by atoms with Crippen LogP contribution in [0, 0.1) is 0 Å². The number of carbonyl (C=O) groups excluding carboxylic acids is 1. The highest BCUT2D eigenvalue weighted by Crippen LogP contribution is 1.93. The lowest BCUT2D eigenvalue weighted by Crippen LogP contribution is -2.44. The van der Waals surface area contributed by atoms with E-state index in [9.17, 15) is 4.79 Å². The maximum absolute atomic E-state index is 11.3. The van der Waals surface area contributed by atoms with Gasteiger partial charge >= 0.3 is 5.97 Å². The molecule has 0 aromatic heterocycles. The maximum Gasteiger partial charge on any atom is 0.325 e. The van der Waals surface area contributed by atoms with Gasteiger partial charge in [-0.15, -0.1) is 0 Å². The number of nitrogens with one attached hydrogen (secondary N) is 1. The minimum atomic E-state index is -0.357. The lowest BCUT2D eigenvalue weighted by Gasteiger charge is -2.18. The lowest BCUT2D eigenvalue weighted by molar-refractivity contribution is -0.147. The molecule has 0 aliphatic rings.